The van der Waals surface area contributed by atoms with Gasteiger partial charge in [-0.3, -0.25) is 4.79 Å². The van der Waals surface area contributed by atoms with Crippen molar-refractivity contribution in [2.45, 2.75) is 24.3 Å². The van der Waals surface area contributed by atoms with E-state index < -0.39 is 10.0 Å². The van der Waals surface area contributed by atoms with Gasteiger partial charge in [0.15, 0.2) is 0 Å². The molecule has 0 bridgehead atoms. The molecule has 0 aromatic heterocycles. The van der Waals surface area contributed by atoms with Gasteiger partial charge in [-0.25, -0.2) is 8.42 Å². The molecule has 0 atom stereocenters. The van der Waals surface area contributed by atoms with Crippen molar-refractivity contribution in [3.8, 4) is 5.75 Å². The van der Waals surface area contributed by atoms with Gasteiger partial charge >= 0.3 is 0 Å². The highest BCUT2D eigenvalue weighted by atomic mass is 35.5. The molecule has 1 saturated heterocycles. The number of aromatic hydroxyl groups is 1. The van der Waals surface area contributed by atoms with E-state index in [0.29, 0.717) is 13.1 Å². The highest BCUT2D eigenvalue weighted by Crippen LogP contribution is 2.26. The number of phenols is 1. The van der Waals surface area contributed by atoms with Crippen LogP contribution in [0.1, 0.15) is 28.8 Å². The normalized spacial score (nSPS) is 15.0. The van der Waals surface area contributed by atoms with Gasteiger partial charge in [0.2, 0.25) is 10.0 Å². The van der Waals surface area contributed by atoms with E-state index in [1.165, 1.54) is 27.4 Å². The fraction of sp³-hybridized carbons (Fsp3) is 0.316. The van der Waals surface area contributed by atoms with Crippen LogP contribution in [0, 0.1) is 0 Å². The molecule has 1 aliphatic heterocycles. The molecule has 1 amide bonds. The van der Waals surface area contributed by atoms with Crippen molar-refractivity contribution in [3.05, 3.63) is 58.6 Å². The van der Waals surface area contributed by atoms with Crippen molar-refractivity contribution in [2.24, 2.45) is 0 Å². The molecule has 0 saturated carbocycles. The minimum Gasteiger partial charge on any atom is -0.508 e. The largest absolute Gasteiger partial charge is 0.508 e. The Hall–Kier alpha value is -2.09. The molecule has 1 aliphatic rings. The molecule has 144 valence electrons. The lowest BCUT2D eigenvalue weighted by Gasteiger charge is -2.20. The van der Waals surface area contributed by atoms with E-state index in [4.69, 9.17) is 11.6 Å². The van der Waals surface area contributed by atoms with Crippen LogP contribution in [0.5, 0.6) is 5.75 Å². The molecule has 0 spiro atoms. The molecule has 1 N–H and O–H groups in total. The van der Waals surface area contributed by atoms with Gasteiger partial charge in [0.25, 0.3) is 5.91 Å². The van der Waals surface area contributed by atoms with Crippen LogP contribution >= 0.6 is 11.6 Å². The third-order valence-electron chi connectivity index (χ3n) is 4.55. The number of rotatable bonds is 5. The van der Waals surface area contributed by atoms with Crippen molar-refractivity contribution in [2.75, 3.05) is 20.1 Å². The third-order valence-corrected chi connectivity index (χ3v) is 6.77. The van der Waals surface area contributed by atoms with E-state index in [1.54, 1.807) is 31.3 Å². The molecule has 8 heteroatoms. The molecule has 1 fully saturated rings. The van der Waals surface area contributed by atoms with E-state index >= 15 is 0 Å². The van der Waals surface area contributed by atoms with E-state index in [2.05, 4.69) is 0 Å². The zero-order valence-corrected chi connectivity index (χ0v) is 16.5. The minimum atomic E-state index is -3.63. The second-order valence-electron chi connectivity index (χ2n) is 6.58. The summed E-state index contributed by atoms with van der Waals surface area (Å²) >= 11 is 6.18. The lowest BCUT2D eigenvalue weighted by Crippen LogP contribution is -2.29. The van der Waals surface area contributed by atoms with Gasteiger partial charge in [-0.15, -0.1) is 0 Å². The van der Waals surface area contributed by atoms with Crippen molar-refractivity contribution < 1.29 is 18.3 Å². The molecule has 0 aliphatic carbocycles. The Morgan fingerprint density at radius 2 is 1.89 bits per heavy atom. The minimum absolute atomic E-state index is 0.0721. The molecule has 1 heterocycles. The number of sulfonamides is 1. The molecule has 27 heavy (non-hydrogen) atoms. The maximum atomic E-state index is 12.8. The van der Waals surface area contributed by atoms with Crippen LogP contribution < -0.4 is 0 Å². The van der Waals surface area contributed by atoms with Crippen LogP contribution in [-0.4, -0.2) is 48.8 Å². The van der Waals surface area contributed by atoms with E-state index in [9.17, 15) is 18.3 Å². The summed E-state index contributed by atoms with van der Waals surface area (Å²) in [6.07, 6.45) is 1.68. The van der Waals surface area contributed by atoms with Crippen LogP contribution in [-0.2, 0) is 16.6 Å². The lowest BCUT2D eigenvalue weighted by molar-refractivity contribution is 0.0785. The van der Waals surface area contributed by atoms with Gasteiger partial charge in [-0.1, -0.05) is 23.7 Å². The van der Waals surface area contributed by atoms with Crippen molar-refractivity contribution in [1.82, 2.24) is 9.21 Å². The Bertz CT molecular complexity index is 956. The molecule has 3 rings (SSSR count). The maximum absolute atomic E-state index is 12.8. The zero-order chi connectivity index (χ0) is 19.6. The summed E-state index contributed by atoms with van der Waals surface area (Å²) in [5.41, 5.74) is 0.891. The first-order valence-corrected chi connectivity index (χ1v) is 10.4. The fourth-order valence-electron chi connectivity index (χ4n) is 3.11. The standard InChI is InChI=1S/C19H21ClN2O4S/c1-21(13-14-5-4-6-15(23)11-14)19(24)17-12-16(7-8-18(17)20)27(25,26)22-9-2-3-10-22/h4-8,11-12,23H,2-3,9-10,13H2,1H3. The number of carbonyl (C=O) groups excluding carboxylic acids is 1. The summed E-state index contributed by atoms with van der Waals surface area (Å²) in [5.74, 6) is -0.271. The van der Waals surface area contributed by atoms with Crippen LogP contribution in [0.25, 0.3) is 0 Å². The van der Waals surface area contributed by atoms with E-state index in [1.807, 2.05) is 0 Å². The van der Waals surface area contributed by atoms with Crippen molar-refractivity contribution >= 4 is 27.5 Å². The molecule has 0 radical (unpaired) electrons. The van der Waals surface area contributed by atoms with Crippen molar-refractivity contribution in [3.63, 3.8) is 0 Å². The Balaban J connectivity index is 1.86. The Morgan fingerprint density at radius 3 is 2.56 bits per heavy atom. The summed E-state index contributed by atoms with van der Waals surface area (Å²) in [5, 5.41) is 9.76. The summed E-state index contributed by atoms with van der Waals surface area (Å²) in [6.45, 7) is 1.24. The van der Waals surface area contributed by atoms with Gasteiger partial charge in [0.05, 0.1) is 15.5 Å². The quantitative estimate of drug-likeness (QED) is 0.824. The molecular weight excluding hydrogens is 388 g/mol. The van der Waals surface area contributed by atoms with Gasteiger partial charge in [-0.05, 0) is 48.7 Å². The number of nitrogens with zero attached hydrogens (tertiary/aromatic N) is 2. The maximum Gasteiger partial charge on any atom is 0.255 e. The summed E-state index contributed by atoms with van der Waals surface area (Å²) in [4.78, 5) is 14.3. The smallest absolute Gasteiger partial charge is 0.255 e. The molecule has 2 aromatic carbocycles. The first kappa shape index (κ1) is 19.7. The SMILES string of the molecule is CN(Cc1cccc(O)c1)C(=O)c1cc(S(=O)(=O)N2CCCC2)ccc1Cl. The Morgan fingerprint density at radius 1 is 1.19 bits per heavy atom. The summed E-state index contributed by atoms with van der Waals surface area (Å²) < 4.78 is 26.9. The highest BCUT2D eigenvalue weighted by Gasteiger charge is 2.28. The Labute approximate surface area is 164 Å². The summed E-state index contributed by atoms with van der Waals surface area (Å²) in [7, 11) is -2.03. The Kier molecular flexibility index (Phi) is 5.74. The van der Waals surface area contributed by atoms with Crippen LogP contribution in [0.3, 0.4) is 0 Å². The predicted molar refractivity (Wildman–Crippen MR) is 103 cm³/mol. The second kappa shape index (κ2) is 7.88. The number of amides is 1. The monoisotopic (exact) mass is 408 g/mol. The average molecular weight is 409 g/mol. The number of hydrogen-bond acceptors (Lipinski definition) is 4. The predicted octanol–water partition coefficient (Wildman–Crippen LogP) is 3.10. The number of benzene rings is 2. The zero-order valence-electron chi connectivity index (χ0n) is 14.9. The van der Waals surface area contributed by atoms with Crippen LogP contribution in [0.4, 0.5) is 0 Å². The number of halogens is 1. The average Bonchev–Trinajstić information content (AvgIpc) is 3.17. The van der Waals surface area contributed by atoms with Crippen LogP contribution in [0.2, 0.25) is 5.02 Å². The molecule has 2 aromatic rings. The van der Waals surface area contributed by atoms with Gasteiger partial charge in [0.1, 0.15) is 5.75 Å². The third kappa shape index (κ3) is 4.26. The lowest BCUT2D eigenvalue weighted by atomic mass is 10.1. The molecule has 0 unspecified atom stereocenters. The van der Waals surface area contributed by atoms with Gasteiger partial charge < -0.3 is 10.0 Å². The fourth-order valence-corrected chi connectivity index (χ4v) is 4.85. The van der Waals surface area contributed by atoms with Gasteiger partial charge in [0, 0.05) is 26.7 Å². The summed E-state index contributed by atoms with van der Waals surface area (Å²) in [6, 6.07) is 10.8. The van der Waals surface area contributed by atoms with Gasteiger partial charge in [-0.2, -0.15) is 4.31 Å². The van der Waals surface area contributed by atoms with E-state index in [-0.39, 0.29) is 33.7 Å². The van der Waals surface area contributed by atoms with Crippen LogP contribution in [0.15, 0.2) is 47.4 Å². The second-order valence-corrected chi connectivity index (χ2v) is 8.93. The number of phenolic OH excluding ortho intramolecular Hbond substituents is 1. The topological polar surface area (TPSA) is 77.9 Å². The number of hydrogen-bond donors (Lipinski definition) is 1. The first-order valence-electron chi connectivity index (χ1n) is 8.62. The first-order chi connectivity index (χ1) is 12.8. The molecular formula is C19H21ClN2O4S. The molecule has 6 nitrogen and oxygen atoms in total. The van der Waals surface area contributed by atoms with E-state index in [0.717, 1.165) is 18.4 Å². The van der Waals surface area contributed by atoms with Crippen molar-refractivity contribution in [1.29, 1.82) is 0 Å². The highest BCUT2D eigenvalue weighted by molar-refractivity contribution is 7.89. The number of carbonyl (C=O) groups is 1.